The molecule has 1 saturated heterocycles. The summed E-state index contributed by atoms with van der Waals surface area (Å²) in [7, 11) is 0. The van der Waals surface area contributed by atoms with Crippen LogP contribution in [0.2, 0.25) is 5.02 Å². The Morgan fingerprint density at radius 3 is 2.46 bits per heavy atom. The second kappa shape index (κ2) is 8.68. The number of piperidine rings is 1. The summed E-state index contributed by atoms with van der Waals surface area (Å²) in [5, 5.41) is 3.49. The van der Waals surface area contributed by atoms with Gasteiger partial charge in [0.05, 0.1) is 0 Å². The van der Waals surface area contributed by atoms with Crippen LogP contribution in [-0.4, -0.2) is 29.8 Å². The van der Waals surface area contributed by atoms with E-state index in [-0.39, 0.29) is 17.7 Å². The first-order valence-electron chi connectivity index (χ1n) is 8.70. The van der Waals surface area contributed by atoms with Crippen molar-refractivity contribution in [1.29, 1.82) is 0 Å². The van der Waals surface area contributed by atoms with Gasteiger partial charge in [-0.15, -0.1) is 0 Å². The smallest absolute Gasteiger partial charge is 0.246 e. The molecular formula is C21H21ClN2O2. The summed E-state index contributed by atoms with van der Waals surface area (Å²) in [4.78, 5) is 26.5. The van der Waals surface area contributed by atoms with Gasteiger partial charge in [-0.2, -0.15) is 0 Å². The van der Waals surface area contributed by atoms with E-state index in [1.54, 1.807) is 29.2 Å². The summed E-state index contributed by atoms with van der Waals surface area (Å²) < 4.78 is 0. The maximum atomic E-state index is 12.4. The maximum absolute atomic E-state index is 12.4. The lowest BCUT2D eigenvalue weighted by molar-refractivity contribution is -0.130. The normalized spacial score (nSPS) is 15.2. The molecule has 134 valence electrons. The van der Waals surface area contributed by atoms with Gasteiger partial charge in [0.25, 0.3) is 0 Å². The van der Waals surface area contributed by atoms with Crippen LogP contribution in [0.25, 0.3) is 6.08 Å². The minimum absolute atomic E-state index is 0.0115. The summed E-state index contributed by atoms with van der Waals surface area (Å²) in [6.07, 6.45) is 4.75. The molecule has 2 amide bonds. The van der Waals surface area contributed by atoms with Gasteiger partial charge in [0.2, 0.25) is 11.8 Å². The minimum Gasteiger partial charge on any atom is -0.339 e. The van der Waals surface area contributed by atoms with Crippen LogP contribution in [-0.2, 0) is 9.59 Å². The van der Waals surface area contributed by atoms with Crippen molar-refractivity contribution in [3.05, 3.63) is 71.3 Å². The average molecular weight is 369 g/mol. The molecule has 0 bridgehead atoms. The number of hydrogen-bond donors (Lipinski definition) is 1. The summed E-state index contributed by atoms with van der Waals surface area (Å²) >= 11 is 5.94. The number of hydrogen-bond acceptors (Lipinski definition) is 2. The molecule has 1 aliphatic rings. The molecule has 3 rings (SSSR count). The van der Waals surface area contributed by atoms with Crippen LogP contribution in [0.3, 0.4) is 0 Å². The van der Waals surface area contributed by atoms with Crippen molar-refractivity contribution in [2.24, 2.45) is 5.92 Å². The van der Waals surface area contributed by atoms with E-state index in [1.807, 2.05) is 42.5 Å². The molecule has 2 aromatic carbocycles. The van der Waals surface area contributed by atoms with Crippen LogP contribution in [0.4, 0.5) is 5.69 Å². The number of nitrogens with zero attached hydrogens (tertiary/aromatic N) is 1. The molecule has 2 aromatic rings. The monoisotopic (exact) mass is 368 g/mol. The molecule has 0 atom stereocenters. The van der Waals surface area contributed by atoms with E-state index in [0.717, 1.165) is 5.56 Å². The first-order valence-corrected chi connectivity index (χ1v) is 9.08. The van der Waals surface area contributed by atoms with E-state index in [2.05, 4.69) is 5.32 Å². The summed E-state index contributed by atoms with van der Waals surface area (Å²) in [5.74, 6) is -0.113. The minimum atomic E-state index is -0.0869. The van der Waals surface area contributed by atoms with Gasteiger partial charge < -0.3 is 10.2 Å². The van der Waals surface area contributed by atoms with Crippen molar-refractivity contribution in [3.8, 4) is 0 Å². The summed E-state index contributed by atoms with van der Waals surface area (Å²) in [6.45, 7) is 1.18. The number of nitrogens with one attached hydrogen (secondary N) is 1. The lowest BCUT2D eigenvalue weighted by Gasteiger charge is -2.30. The van der Waals surface area contributed by atoms with E-state index in [0.29, 0.717) is 36.6 Å². The number of anilines is 1. The molecule has 0 aromatic heterocycles. The molecule has 1 aliphatic heterocycles. The Kier molecular flexibility index (Phi) is 6.08. The van der Waals surface area contributed by atoms with E-state index < -0.39 is 0 Å². The Hall–Kier alpha value is -2.59. The topological polar surface area (TPSA) is 49.4 Å². The molecule has 5 heteroatoms. The fourth-order valence-corrected chi connectivity index (χ4v) is 3.20. The van der Waals surface area contributed by atoms with Crippen LogP contribution in [0.5, 0.6) is 0 Å². The Morgan fingerprint density at radius 2 is 1.77 bits per heavy atom. The quantitative estimate of drug-likeness (QED) is 0.821. The van der Waals surface area contributed by atoms with Crippen molar-refractivity contribution in [2.75, 3.05) is 18.4 Å². The molecule has 1 heterocycles. The summed E-state index contributed by atoms with van der Waals surface area (Å²) in [5.41, 5.74) is 1.70. The standard InChI is InChI=1S/C21H21ClN2O2/c22-18-7-4-8-19(15-18)23-21(26)17-11-13-24(14-12-17)20(25)10-9-16-5-2-1-3-6-16/h1-10,15,17H,11-14H2,(H,23,26). The SMILES string of the molecule is O=C(Nc1cccc(Cl)c1)C1CCN(C(=O)C=Cc2ccccc2)CC1. The third kappa shape index (κ3) is 4.96. The molecular weight excluding hydrogens is 348 g/mol. The Morgan fingerprint density at radius 1 is 1.04 bits per heavy atom. The zero-order valence-electron chi connectivity index (χ0n) is 14.4. The van der Waals surface area contributed by atoms with Gasteiger partial charge in [-0.1, -0.05) is 48.0 Å². The van der Waals surface area contributed by atoms with Crippen molar-refractivity contribution >= 4 is 35.2 Å². The molecule has 1 fully saturated rings. The van der Waals surface area contributed by atoms with E-state index >= 15 is 0 Å². The number of likely N-dealkylation sites (tertiary alicyclic amines) is 1. The molecule has 26 heavy (non-hydrogen) atoms. The highest BCUT2D eigenvalue weighted by Crippen LogP contribution is 2.21. The fraction of sp³-hybridized carbons (Fsp3) is 0.238. The molecule has 0 radical (unpaired) electrons. The number of carbonyl (C=O) groups excluding carboxylic acids is 2. The van der Waals surface area contributed by atoms with E-state index in [4.69, 9.17) is 11.6 Å². The lowest BCUT2D eigenvalue weighted by Crippen LogP contribution is -2.40. The highest BCUT2D eigenvalue weighted by molar-refractivity contribution is 6.30. The predicted octanol–water partition coefficient (Wildman–Crippen LogP) is 4.23. The van der Waals surface area contributed by atoms with Gasteiger partial charge in [-0.3, -0.25) is 9.59 Å². The van der Waals surface area contributed by atoms with E-state index in [1.165, 1.54) is 0 Å². The number of halogens is 1. The Bertz CT molecular complexity index is 797. The van der Waals surface area contributed by atoms with Gasteiger partial charge in [-0.25, -0.2) is 0 Å². The zero-order chi connectivity index (χ0) is 18.4. The molecule has 0 aliphatic carbocycles. The van der Waals surface area contributed by atoms with Crippen molar-refractivity contribution in [1.82, 2.24) is 4.90 Å². The fourth-order valence-electron chi connectivity index (χ4n) is 3.01. The van der Waals surface area contributed by atoms with Crippen LogP contribution < -0.4 is 5.32 Å². The number of benzene rings is 2. The first-order chi connectivity index (χ1) is 12.6. The molecule has 0 unspecified atom stereocenters. The highest BCUT2D eigenvalue weighted by atomic mass is 35.5. The van der Waals surface area contributed by atoms with Crippen LogP contribution in [0.15, 0.2) is 60.7 Å². The third-order valence-corrected chi connectivity index (χ3v) is 4.72. The molecule has 4 nitrogen and oxygen atoms in total. The number of carbonyl (C=O) groups is 2. The third-order valence-electron chi connectivity index (χ3n) is 4.49. The lowest BCUT2D eigenvalue weighted by atomic mass is 9.95. The largest absolute Gasteiger partial charge is 0.339 e. The Balaban J connectivity index is 1.49. The average Bonchev–Trinajstić information content (AvgIpc) is 2.67. The Labute approximate surface area is 158 Å². The van der Waals surface area contributed by atoms with Gasteiger partial charge in [0.1, 0.15) is 0 Å². The van der Waals surface area contributed by atoms with Gasteiger partial charge >= 0.3 is 0 Å². The second-order valence-corrected chi connectivity index (χ2v) is 6.78. The van der Waals surface area contributed by atoms with Gasteiger partial charge in [0.15, 0.2) is 0 Å². The highest BCUT2D eigenvalue weighted by Gasteiger charge is 2.26. The zero-order valence-corrected chi connectivity index (χ0v) is 15.2. The van der Waals surface area contributed by atoms with Gasteiger partial charge in [-0.05, 0) is 42.7 Å². The second-order valence-electron chi connectivity index (χ2n) is 6.34. The van der Waals surface area contributed by atoms with Crippen molar-refractivity contribution in [2.45, 2.75) is 12.8 Å². The molecule has 0 saturated carbocycles. The molecule has 0 spiro atoms. The van der Waals surface area contributed by atoms with Crippen LogP contribution in [0.1, 0.15) is 18.4 Å². The van der Waals surface area contributed by atoms with Crippen LogP contribution in [0, 0.1) is 5.92 Å². The van der Waals surface area contributed by atoms with Crippen LogP contribution >= 0.6 is 11.6 Å². The molecule has 1 N–H and O–H groups in total. The first kappa shape index (κ1) is 18.2. The summed E-state index contributed by atoms with van der Waals surface area (Å²) in [6, 6.07) is 16.8. The van der Waals surface area contributed by atoms with Gasteiger partial charge in [0, 0.05) is 35.8 Å². The number of rotatable bonds is 4. The predicted molar refractivity (Wildman–Crippen MR) is 105 cm³/mol. The van der Waals surface area contributed by atoms with Crippen molar-refractivity contribution in [3.63, 3.8) is 0 Å². The number of amides is 2. The van der Waals surface area contributed by atoms with E-state index in [9.17, 15) is 9.59 Å². The maximum Gasteiger partial charge on any atom is 0.246 e. The van der Waals surface area contributed by atoms with Crippen molar-refractivity contribution < 1.29 is 9.59 Å².